The number of benzene rings is 2. The van der Waals surface area contributed by atoms with Crippen molar-refractivity contribution in [2.75, 3.05) is 31.1 Å². The fourth-order valence-electron chi connectivity index (χ4n) is 3.46. The summed E-state index contributed by atoms with van der Waals surface area (Å²) in [7, 11) is 1.56. The predicted octanol–water partition coefficient (Wildman–Crippen LogP) is 3.20. The minimum Gasteiger partial charge on any atom is -0.368 e. The molecule has 0 N–H and O–H groups in total. The van der Waals surface area contributed by atoms with Crippen LogP contribution in [0, 0.1) is 0 Å². The maximum atomic E-state index is 13.1. The molecule has 4 rings (SSSR count). The molecule has 8 heteroatoms. The minimum absolute atomic E-state index is 0.166. The first kappa shape index (κ1) is 18.8. The van der Waals surface area contributed by atoms with Gasteiger partial charge >= 0.3 is 0 Å². The quantitative estimate of drug-likeness (QED) is 0.643. The Labute approximate surface area is 171 Å². The summed E-state index contributed by atoms with van der Waals surface area (Å²) in [5.41, 5.74) is 1.07. The van der Waals surface area contributed by atoms with E-state index in [0.29, 0.717) is 52.7 Å². The summed E-state index contributed by atoms with van der Waals surface area (Å²) in [6, 6.07) is 12.6. The molecule has 28 heavy (non-hydrogen) atoms. The second kappa shape index (κ2) is 7.45. The minimum atomic E-state index is -0.211. The highest BCUT2D eigenvalue weighted by Gasteiger charge is 2.25. The zero-order chi connectivity index (χ0) is 19.8. The Kier molecular flexibility index (Phi) is 5.00. The molecule has 1 fully saturated rings. The molecule has 0 aliphatic carbocycles. The Morgan fingerprint density at radius 2 is 1.64 bits per heavy atom. The second-order valence-electron chi connectivity index (χ2n) is 6.70. The Morgan fingerprint density at radius 3 is 2.32 bits per heavy atom. The van der Waals surface area contributed by atoms with Crippen LogP contribution in [0.3, 0.4) is 0 Å². The molecule has 1 aromatic heterocycles. The van der Waals surface area contributed by atoms with Crippen molar-refractivity contribution in [3.8, 4) is 0 Å². The number of nitrogens with zero attached hydrogens (tertiary/aromatic N) is 4. The van der Waals surface area contributed by atoms with E-state index in [1.54, 1.807) is 36.2 Å². The fourth-order valence-corrected chi connectivity index (χ4v) is 3.75. The van der Waals surface area contributed by atoms with Crippen LogP contribution in [0.4, 0.5) is 5.69 Å². The molecule has 0 radical (unpaired) electrons. The molecular formula is C20H18Cl2N4O2. The Bertz CT molecular complexity index is 1120. The van der Waals surface area contributed by atoms with Gasteiger partial charge in [0, 0.05) is 44.3 Å². The summed E-state index contributed by atoms with van der Waals surface area (Å²) in [6.45, 7) is 2.46. The zero-order valence-electron chi connectivity index (χ0n) is 15.2. The topological polar surface area (TPSA) is 58.4 Å². The van der Waals surface area contributed by atoms with E-state index in [9.17, 15) is 9.59 Å². The first-order valence-corrected chi connectivity index (χ1v) is 9.66. The molecule has 1 amide bonds. The molecule has 1 saturated heterocycles. The highest BCUT2D eigenvalue weighted by atomic mass is 35.5. The lowest BCUT2D eigenvalue weighted by atomic mass is 10.1. The molecule has 1 aliphatic rings. The molecule has 0 bridgehead atoms. The van der Waals surface area contributed by atoms with Crippen LogP contribution in [0.5, 0.6) is 0 Å². The smallest absolute Gasteiger partial charge is 0.275 e. The van der Waals surface area contributed by atoms with Crippen LogP contribution >= 0.6 is 23.2 Å². The van der Waals surface area contributed by atoms with Crippen molar-refractivity contribution < 1.29 is 4.79 Å². The van der Waals surface area contributed by atoms with Crippen LogP contribution in [-0.4, -0.2) is 46.8 Å². The number of amides is 1. The van der Waals surface area contributed by atoms with Crippen LogP contribution in [-0.2, 0) is 7.05 Å². The number of piperazine rings is 1. The normalized spacial score (nSPS) is 14.5. The van der Waals surface area contributed by atoms with E-state index in [1.165, 1.54) is 4.68 Å². The Balaban J connectivity index is 1.56. The second-order valence-corrected chi connectivity index (χ2v) is 7.52. The molecule has 144 valence electrons. The van der Waals surface area contributed by atoms with E-state index in [0.717, 1.165) is 5.69 Å². The maximum Gasteiger partial charge on any atom is 0.275 e. The standard InChI is InChI=1S/C20H18Cl2N4O2/c1-24-19(27)15-5-3-2-4-14(15)18(23-24)20(28)26-10-8-25(9-11-26)13-6-7-16(21)17(22)12-13/h2-7,12H,8-11H2,1H3. The number of halogens is 2. The lowest BCUT2D eigenvalue weighted by Crippen LogP contribution is -2.49. The van der Waals surface area contributed by atoms with E-state index >= 15 is 0 Å². The number of carbonyl (C=O) groups excluding carboxylic acids is 1. The average molecular weight is 417 g/mol. The largest absolute Gasteiger partial charge is 0.368 e. The van der Waals surface area contributed by atoms with Gasteiger partial charge in [-0.25, -0.2) is 4.68 Å². The number of hydrogen-bond donors (Lipinski definition) is 0. The summed E-state index contributed by atoms with van der Waals surface area (Å²) in [5, 5.41) is 6.36. The van der Waals surface area contributed by atoms with Gasteiger partial charge in [-0.3, -0.25) is 9.59 Å². The first-order valence-electron chi connectivity index (χ1n) is 8.91. The molecule has 2 heterocycles. The van der Waals surface area contributed by atoms with Crippen molar-refractivity contribution in [2.24, 2.45) is 7.05 Å². The predicted molar refractivity (Wildman–Crippen MR) is 112 cm³/mol. The number of aromatic nitrogens is 2. The van der Waals surface area contributed by atoms with E-state index in [-0.39, 0.29) is 11.5 Å². The van der Waals surface area contributed by atoms with Crippen molar-refractivity contribution in [1.29, 1.82) is 0 Å². The van der Waals surface area contributed by atoms with Crippen LogP contribution in [0.1, 0.15) is 10.5 Å². The molecule has 1 aliphatic heterocycles. The van der Waals surface area contributed by atoms with E-state index in [1.807, 2.05) is 18.2 Å². The summed E-state index contributed by atoms with van der Waals surface area (Å²) in [6.07, 6.45) is 0. The number of aryl methyl sites for hydroxylation is 1. The van der Waals surface area contributed by atoms with Gasteiger partial charge in [-0.15, -0.1) is 0 Å². The van der Waals surface area contributed by atoms with E-state index < -0.39 is 0 Å². The lowest BCUT2D eigenvalue weighted by molar-refractivity contribution is 0.0740. The SMILES string of the molecule is Cn1nc(C(=O)N2CCN(c3ccc(Cl)c(Cl)c3)CC2)c2ccccc2c1=O. The molecule has 6 nitrogen and oxygen atoms in total. The van der Waals surface area contributed by atoms with E-state index in [4.69, 9.17) is 23.2 Å². The maximum absolute atomic E-state index is 13.1. The highest BCUT2D eigenvalue weighted by molar-refractivity contribution is 6.42. The van der Waals surface area contributed by atoms with E-state index in [2.05, 4.69) is 10.00 Å². The molecule has 0 spiro atoms. The third-order valence-electron chi connectivity index (χ3n) is 4.99. The number of fused-ring (bicyclic) bond motifs is 1. The molecule has 3 aromatic rings. The van der Waals surface area contributed by atoms with Gasteiger partial charge < -0.3 is 9.80 Å². The molecule has 0 unspecified atom stereocenters. The Morgan fingerprint density at radius 1 is 0.964 bits per heavy atom. The number of rotatable bonds is 2. The van der Waals surface area contributed by atoms with Gasteiger partial charge in [0.25, 0.3) is 11.5 Å². The summed E-state index contributed by atoms with van der Waals surface area (Å²) >= 11 is 12.1. The zero-order valence-corrected chi connectivity index (χ0v) is 16.7. The van der Waals surface area contributed by atoms with Gasteiger partial charge in [-0.2, -0.15) is 5.10 Å². The Hall–Kier alpha value is -2.57. The van der Waals surface area contributed by atoms with Crippen LogP contribution in [0.25, 0.3) is 10.8 Å². The summed E-state index contributed by atoms with van der Waals surface area (Å²) in [4.78, 5) is 29.3. The monoisotopic (exact) mass is 416 g/mol. The van der Waals surface area contributed by atoms with Crippen molar-refractivity contribution >= 4 is 45.6 Å². The highest BCUT2D eigenvalue weighted by Crippen LogP contribution is 2.28. The van der Waals surface area contributed by atoms with Crippen molar-refractivity contribution in [3.63, 3.8) is 0 Å². The van der Waals surface area contributed by atoms with Crippen molar-refractivity contribution in [3.05, 3.63) is 68.6 Å². The molecular weight excluding hydrogens is 399 g/mol. The lowest BCUT2D eigenvalue weighted by Gasteiger charge is -2.36. The van der Waals surface area contributed by atoms with Gasteiger partial charge in [0.15, 0.2) is 5.69 Å². The fraction of sp³-hybridized carbons (Fsp3) is 0.250. The van der Waals surface area contributed by atoms with Crippen LogP contribution in [0.15, 0.2) is 47.3 Å². The van der Waals surface area contributed by atoms with Gasteiger partial charge in [0.2, 0.25) is 0 Å². The van der Waals surface area contributed by atoms with Crippen molar-refractivity contribution in [1.82, 2.24) is 14.7 Å². The number of hydrogen-bond acceptors (Lipinski definition) is 4. The third-order valence-corrected chi connectivity index (χ3v) is 5.73. The average Bonchev–Trinajstić information content (AvgIpc) is 2.72. The molecule has 0 atom stereocenters. The van der Waals surface area contributed by atoms with Gasteiger partial charge in [-0.1, -0.05) is 41.4 Å². The number of carbonyl (C=O) groups is 1. The van der Waals surface area contributed by atoms with Crippen LogP contribution in [0.2, 0.25) is 10.0 Å². The third kappa shape index (κ3) is 3.34. The summed E-state index contributed by atoms with van der Waals surface area (Å²) in [5.74, 6) is -0.166. The van der Waals surface area contributed by atoms with Crippen LogP contribution < -0.4 is 10.5 Å². The number of anilines is 1. The molecule has 2 aromatic carbocycles. The first-order chi connectivity index (χ1) is 13.5. The van der Waals surface area contributed by atoms with Gasteiger partial charge in [0.05, 0.1) is 15.4 Å². The van der Waals surface area contributed by atoms with Gasteiger partial charge in [-0.05, 0) is 24.3 Å². The van der Waals surface area contributed by atoms with Gasteiger partial charge in [0.1, 0.15) is 0 Å². The molecule has 0 saturated carbocycles. The summed E-state index contributed by atoms with van der Waals surface area (Å²) < 4.78 is 1.22. The van der Waals surface area contributed by atoms with Crippen molar-refractivity contribution in [2.45, 2.75) is 0 Å².